The van der Waals surface area contributed by atoms with E-state index < -0.39 is 0 Å². The molecule has 8 nitrogen and oxygen atoms in total. The van der Waals surface area contributed by atoms with Crippen LogP contribution in [0.4, 0.5) is 0 Å². The predicted molar refractivity (Wildman–Crippen MR) is 521 cm³/mol. The van der Waals surface area contributed by atoms with E-state index in [1.807, 2.05) is 54.6 Å². The zero-order valence-corrected chi connectivity index (χ0v) is 67.0. The maximum Gasteiger partial charge on any atom is 0.0973 e. The third-order valence-corrected chi connectivity index (χ3v) is 25.8. The van der Waals surface area contributed by atoms with Gasteiger partial charge < -0.3 is 18.3 Å². The minimum absolute atomic E-state index is 0.876. The van der Waals surface area contributed by atoms with E-state index in [1.54, 1.807) is 0 Å². The molecule has 0 aliphatic heterocycles. The first-order valence-electron chi connectivity index (χ1n) is 42.4. The lowest BCUT2D eigenvalue weighted by atomic mass is 9.98. The summed E-state index contributed by atoms with van der Waals surface area (Å²) in [6, 6.07) is 154. The molecule has 6 aromatic heterocycles. The van der Waals surface area contributed by atoms with Crippen LogP contribution in [0.5, 0.6) is 0 Å². The standard InChI is InChI=1S/C60H36N4.C56H34N4/c1-2-13-39-31-44(23-21-37(39)11-1)59-60(62-53-19-9-8-18-52(53)61-59)45-24-22-43-33-46(27-25-42(43)32-45)64-55-30-28-47(36-51(55)50-34-40-14-3-4-15-41(40)35-57(50)64)63-54-20-10-7-17-49(54)58-48-16-6-5-12-38(48)26-29-56(58)63;1-2-13-36(14-3-1)55-56(58-49-20-10-9-19-48(49)57-55)41-23-22-40-31-42(26-24-39(40)30-41)60-51-29-27-43(34-47(51)46-32-37-15-4-5-16-38(37)33-53(46)60)59-50-21-11-8-18-45(50)54-44-17-7-6-12-35(44)25-28-52(54)59/h1-36H;1-34H. The zero-order valence-electron chi connectivity index (χ0n) is 67.0. The van der Waals surface area contributed by atoms with Crippen LogP contribution in [0, 0.1) is 0 Å². The lowest BCUT2D eigenvalue weighted by Gasteiger charge is -2.13. The number of aromatic nitrogens is 8. The monoisotopic (exact) mass is 1570 g/mol. The van der Waals surface area contributed by atoms with Gasteiger partial charge in [-0.1, -0.05) is 273 Å². The summed E-state index contributed by atoms with van der Waals surface area (Å²) in [6.07, 6.45) is 0. The normalized spacial score (nSPS) is 12.0. The highest BCUT2D eigenvalue weighted by molar-refractivity contribution is 6.24. The summed E-state index contributed by atoms with van der Waals surface area (Å²) < 4.78 is 9.77. The molecule has 27 rings (SSSR count). The Morgan fingerprint density at radius 2 is 0.403 bits per heavy atom. The van der Waals surface area contributed by atoms with Gasteiger partial charge in [0.25, 0.3) is 0 Å². The fraction of sp³-hybridized carbons (Fsp3) is 0. The summed E-state index contributed by atoms with van der Waals surface area (Å²) >= 11 is 0. The highest BCUT2D eigenvalue weighted by Gasteiger charge is 2.24. The van der Waals surface area contributed by atoms with E-state index >= 15 is 0 Å². The number of hydrogen-bond donors (Lipinski definition) is 0. The largest absolute Gasteiger partial charge is 0.309 e. The lowest BCUT2D eigenvalue weighted by molar-refractivity contribution is 1.17. The van der Waals surface area contributed by atoms with Crippen molar-refractivity contribution in [3.05, 3.63) is 425 Å². The molecule has 0 spiro atoms. The number of para-hydroxylation sites is 6. The third kappa shape index (κ3) is 11.0. The van der Waals surface area contributed by atoms with Crippen LogP contribution in [0.1, 0.15) is 0 Å². The Morgan fingerprint density at radius 1 is 0.137 bits per heavy atom. The van der Waals surface area contributed by atoms with Crippen molar-refractivity contribution in [2.75, 3.05) is 0 Å². The van der Waals surface area contributed by atoms with E-state index in [0.717, 1.165) is 111 Å². The first kappa shape index (κ1) is 69.3. The molecule has 27 aromatic rings. The quantitative estimate of drug-likeness (QED) is 0.152. The van der Waals surface area contributed by atoms with Gasteiger partial charge in [-0.05, 0) is 227 Å². The molecular formula is C116H70N8. The van der Waals surface area contributed by atoms with Gasteiger partial charge in [-0.2, -0.15) is 0 Å². The molecule has 0 N–H and O–H groups in total. The molecule has 0 amide bonds. The van der Waals surface area contributed by atoms with Crippen molar-refractivity contribution >= 4 is 185 Å². The van der Waals surface area contributed by atoms with Crippen molar-refractivity contribution in [3.8, 4) is 67.8 Å². The Labute approximate surface area is 710 Å². The topological polar surface area (TPSA) is 71.3 Å². The Hall–Kier alpha value is -16.7. The molecule has 0 fully saturated rings. The van der Waals surface area contributed by atoms with Crippen molar-refractivity contribution in [2.24, 2.45) is 0 Å². The van der Waals surface area contributed by atoms with Crippen LogP contribution in [-0.2, 0) is 0 Å². The average molecular weight is 1580 g/mol. The molecule has 574 valence electrons. The third-order valence-electron chi connectivity index (χ3n) is 25.8. The van der Waals surface area contributed by atoms with Crippen LogP contribution in [0.2, 0.25) is 0 Å². The lowest BCUT2D eigenvalue weighted by Crippen LogP contribution is -1.97. The van der Waals surface area contributed by atoms with Crippen LogP contribution < -0.4 is 0 Å². The van der Waals surface area contributed by atoms with Crippen LogP contribution >= 0.6 is 0 Å². The Bertz CT molecular complexity index is 9220. The Balaban J connectivity index is 0.000000133. The maximum atomic E-state index is 5.26. The molecule has 8 heteroatoms. The first-order chi connectivity index (χ1) is 61.4. The molecule has 0 aliphatic rings. The molecule has 0 saturated carbocycles. The molecular weight excluding hydrogens is 1510 g/mol. The van der Waals surface area contributed by atoms with Gasteiger partial charge in [0, 0.05) is 88.1 Å². The number of nitrogens with zero attached hydrogens (tertiary/aromatic N) is 8. The maximum absolute atomic E-state index is 5.26. The van der Waals surface area contributed by atoms with Crippen molar-refractivity contribution in [2.45, 2.75) is 0 Å². The van der Waals surface area contributed by atoms with E-state index in [9.17, 15) is 0 Å². The van der Waals surface area contributed by atoms with Gasteiger partial charge in [-0.25, -0.2) is 19.9 Å². The van der Waals surface area contributed by atoms with Crippen molar-refractivity contribution in [1.82, 2.24) is 38.2 Å². The number of fused-ring (bicyclic) bond motifs is 23. The van der Waals surface area contributed by atoms with Crippen LogP contribution in [0.3, 0.4) is 0 Å². The predicted octanol–water partition coefficient (Wildman–Crippen LogP) is 30.4. The average Bonchev–Trinajstić information content (AvgIpc) is 1.56. The molecule has 0 aliphatic carbocycles. The summed E-state index contributed by atoms with van der Waals surface area (Å²) in [4.78, 5) is 20.8. The van der Waals surface area contributed by atoms with Gasteiger partial charge in [-0.15, -0.1) is 0 Å². The van der Waals surface area contributed by atoms with Gasteiger partial charge in [0.05, 0.1) is 89.0 Å². The number of rotatable bonds is 8. The highest BCUT2D eigenvalue weighted by atomic mass is 15.0. The van der Waals surface area contributed by atoms with Crippen molar-refractivity contribution < 1.29 is 0 Å². The van der Waals surface area contributed by atoms with E-state index in [4.69, 9.17) is 19.9 Å². The molecule has 0 bridgehead atoms. The summed E-state index contributed by atoms with van der Waals surface area (Å²) in [5.41, 5.74) is 25.3. The molecule has 124 heavy (non-hydrogen) atoms. The van der Waals surface area contributed by atoms with Gasteiger partial charge in [0.1, 0.15) is 0 Å². The summed E-state index contributed by atoms with van der Waals surface area (Å²) in [5, 5.41) is 27.0. The molecule has 0 radical (unpaired) electrons. The van der Waals surface area contributed by atoms with Gasteiger partial charge >= 0.3 is 0 Å². The van der Waals surface area contributed by atoms with Crippen molar-refractivity contribution in [3.63, 3.8) is 0 Å². The zero-order chi connectivity index (χ0) is 81.2. The Morgan fingerprint density at radius 3 is 0.839 bits per heavy atom. The van der Waals surface area contributed by atoms with E-state index in [0.29, 0.717) is 0 Å². The van der Waals surface area contributed by atoms with Gasteiger partial charge in [0.2, 0.25) is 0 Å². The Kier molecular flexibility index (Phi) is 15.3. The molecule has 0 atom stereocenters. The van der Waals surface area contributed by atoms with Gasteiger partial charge in [-0.3, -0.25) is 0 Å². The molecule has 21 aromatic carbocycles. The number of benzene rings is 21. The second-order valence-electron chi connectivity index (χ2n) is 32.8. The number of hydrogen-bond acceptors (Lipinski definition) is 4. The first-order valence-corrected chi connectivity index (χ1v) is 42.4. The summed E-state index contributed by atoms with van der Waals surface area (Å²) in [6.45, 7) is 0. The van der Waals surface area contributed by atoms with Crippen LogP contribution in [0.15, 0.2) is 425 Å². The SMILES string of the molecule is c1ccc(-c2nc3ccccc3nc2-c2ccc3cc(-n4c5ccc(-n6c7ccccc7c7c8ccccc8ccc76)cc5c5cc6ccccc6cc54)ccc3c2)cc1.c1ccc2cc(-c3nc4ccccc4nc3-c3ccc4cc(-n5c6ccc(-n7c8ccccc8c8c9ccccc9ccc87)cc6c6cc7ccccc7cc65)ccc4c3)ccc2c1. The van der Waals surface area contributed by atoms with Gasteiger partial charge in [0.15, 0.2) is 0 Å². The van der Waals surface area contributed by atoms with Crippen LogP contribution in [-0.4, -0.2) is 38.2 Å². The second-order valence-corrected chi connectivity index (χ2v) is 32.8. The fourth-order valence-electron chi connectivity index (χ4n) is 20.0. The van der Waals surface area contributed by atoms with E-state index in [1.165, 1.54) is 141 Å². The minimum Gasteiger partial charge on any atom is -0.309 e. The fourth-order valence-corrected chi connectivity index (χ4v) is 20.0. The van der Waals surface area contributed by atoms with E-state index in [2.05, 4.69) is 388 Å². The van der Waals surface area contributed by atoms with E-state index in [-0.39, 0.29) is 0 Å². The van der Waals surface area contributed by atoms with Crippen LogP contribution in [0.25, 0.3) is 252 Å². The summed E-state index contributed by atoms with van der Waals surface area (Å²) in [7, 11) is 0. The second kappa shape index (κ2) is 27.4. The minimum atomic E-state index is 0.876. The molecule has 6 heterocycles. The smallest absolute Gasteiger partial charge is 0.0973 e. The van der Waals surface area contributed by atoms with Crippen molar-refractivity contribution in [1.29, 1.82) is 0 Å². The highest BCUT2D eigenvalue weighted by Crippen LogP contribution is 2.46. The molecule has 0 saturated heterocycles. The molecule has 0 unspecified atom stereocenters. The summed E-state index contributed by atoms with van der Waals surface area (Å²) in [5.74, 6) is 0.